The van der Waals surface area contributed by atoms with Gasteiger partial charge < -0.3 is 11.1 Å². The van der Waals surface area contributed by atoms with Crippen LogP contribution in [0.1, 0.15) is 15.9 Å². The average Bonchev–Trinajstić information content (AvgIpc) is 2.68. The van der Waals surface area contributed by atoms with E-state index in [4.69, 9.17) is 28.9 Å². The van der Waals surface area contributed by atoms with Crippen molar-refractivity contribution in [2.75, 3.05) is 16.5 Å². The molecule has 0 aliphatic heterocycles. The van der Waals surface area contributed by atoms with Gasteiger partial charge in [0.25, 0.3) is 5.91 Å². The van der Waals surface area contributed by atoms with Gasteiger partial charge in [-0.15, -0.1) is 0 Å². The van der Waals surface area contributed by atoms with Gasteiger partial charge in [-0.1, -0.05) is 29.3 Å². The van der Waals surface area contributed by atoms with Crippen LogP contribution in [0, 0.1) is 0 Å². The third-order valence-corrected chi connectivity index (χ3v) is 4.35. The number of carbonyl (C=O) groups is 1. The Kier molecular flexibility index (Phi) is 6.18. The highest BCUT2D eigenvalue weighted by molar-refractivity contribution is 6.36. The fourth-order valence-corrected chi connectivity index (χ4v) is 2.86. The number of hydrazine groups is 1. The number of rotatable bonds is 5. The number of nitrogen functional groups attached to an aromatic ring is 1. The number of halogens is 5. The number of nitrogens with one attached hydrogen (secondary N) is 3. The van der Waals surface area contributed by atoms with Crippen molar-refractivity contribution in [3.05, 3.63) is 70.0 Å². The molecule has 30 heavy (non-hydrogen) atoms. The van der Waals surface area contributed by atoms with E-state index in [0.29, 0.717) is 5.02 Å². The minimum atomic E-state index is -4.49. The highest BCUT2D eigenvalue weighted by Crippen LogP contribution is 2.32. The molecule has 0 saturated heterocycles. The second kappa shape index (κ2) is 8.64. The van der Waals surface area contributed by atoms with Crippen LogP contribution in [0.3, 0.4) is 0 Å². The first-order valence-electron chi connectivity index (χ1n) is 8.21. The summed E-state index contributed by atoms with van der Waals surface area (Å²) in [6, 6.07) is 8.88. The Hall–Kier alpha value is -3.24. The van der Waals surface area contributed by atoms with Crippen LogP contribution in [0.4, 0.5) is 36.2 Å². The molecule has 0 saturated carbocycles. The SMILES string of the molecule is Nc1c(NNC(=O)c2ccc(Cl)cc2Cl)ncnc1Nc1cccc(C(F)(F)F)c1. The fourth-order valence-electron chi connectivity index (χ4n) is 2.36. The van der Waals surface area contributed by atoms with Crippen LogP contribution in [-0.2, 0) is 6.18 Å². The molecule has 0 radical (unpaired) electrons. The molecular weight excluding hydrogens is 444 g/mol. The van der Waals surface area contributed by atoms with Gasteiger partial charge in [-0.05, 0) is 36.4 Å². The molecule has 3 aromatic rings. The fraction of sp³-hybridized carbons (Fsp3) is 0.0556. The summed E-state index contributed by atoms with van der Waals surface area (Å²) in [6.45, 7) is 0. The smallest absolute Gasteiger partial charge is 0.393 e. The van der Waals surface area contributed by atoms with Crippen molar-refractivity contribution in [3.63, 3.8) is 0 Å². The topological polar surface area (TPSA) is 105 Å². The summed E-state index contributed by atoms with van der Waals surface area (Å²) < 4.78 is 38.6. The molecule has 3 rings (SSSR count). The molecule has 0 aliphatic rings. The summed E-state index contributed by atoms with van der Waals surface area (Å²) in [5.74, 6) is -0.509. The lowest BCUT2D eigenvalue weighted by Gasteiger charge is -2.14. The van der Waals surface area contributed by atoms with E-state index >= 15 is 0 Å². The minimum Gasteiger partial charge on any atom is -0.393 e. The van der Waals surface area contributed by atoms with E-state index in [2.05, 4.69) is 26.1 Å². The van der Waals surface area contributed by atoms with Gasteiger partial charge in [0.05, 0.1) is 16.1 Å². The first kappa shape index (κ1) is 21.5. The number of aromatic nitrogens is 2. The standard InChI is InChI=1S/C18H13Cl2F3N6O/c19-10-4-5-12(13(20)7-10)17(30)29-28-16-14(24)15(25-8-26-16)27-11-3-1-2-9(6-11)18(21,22)23/h1-8H,24H2,(H,29,30)(H2,25,26,27,28). The Morgan fingerprint density at radius 3 is 2.47 bits per heavy atom. The molecule has 156 valence electrons. The Labute approximate surface area is 178 Å². The van der Waals surface area contributed by atoms with Crippen molar-refractivity contribution < 1.29 is 18.0 Å². The number of nitrogens with zero attached hydrogens (tertiary/aromatic N) is 2. The maximum atomic E-state index is 12.9. The van der Waals surface area contributed by atoms with Crippen LogP contribution in [0.5, 0.6) is 0 Å². The minimum absolute atomic E-state index is 0.0258. The van der Waals surface area contributed by atoms with Crippen molar-refractivity contribution in [1.82, 2.24) is 15.4 Å². The van der Waals surface area contributed by atoms with Gasteiger partial charge in [0, 0.05) is 10.7 Å². The first-order chi connectivity index (χ1) is 14.1. The third kappa shape index (κ3) is 5.02. The largest absolute Gasteiger partial charge is 0.416 e. The molecular formula is C18H13Cl2F3N6O. The molecule has 7 nitrogen and oxygen atoms in total. The lowest BCUT2D eigenvalue weighted by Crippen LogP contribution is -2.30. The molecule has 1 heterocycles. The van der Waals surface area contributed by atoms with E-state index in [9.17, 15) is 18.0 Å². The Balaban J connectivity index is 1.74. The van der Waals surface area contributed by atoms with Gasteiger partial charge in [0.2, 0.25) is 0 Å². The van der Waals surface area contributed by atoms with Crippen molar-refractivity contribution in [3.8, 4) is 0 Å². The molecule has 5 N–H and O–H groups in total. The van der Waals surface area contributed by atoms with Crippen LogP contribution in [-0.4, -0.2) is 15.9 Å². The number of anilines is 4. The van der Waals surface area contributed by atoms with E-state index in [1.165, 1.54) is 30.3 Å². The number of carbonyl (C=O) groups excluding carboxylic acids is 1. The maximum absolute atomic E-state index is 12.9. The Morgan fingerprint density at radius 1 is 1.03 bits per heavy atom. The van der Waals surface area contributed by atoms with E-state index in [0.717, 1.165) is 18.5 Å². The van der Waals surface area contributed by atoms with Gasteiger partial charge in [-0.2, -0.15) is 13.2 Å². The first-order valence-corrected chi connectivity index (χ1v) is 8.97. The maximum Gasteiger partial charge on any atom is 0.416 e. The van der Waals surface area contributed by atoms with Gasteiger partial charge >= 0.3 is 6.18 Å². The lowest BCUT2D eigenvalue weighted by molar-refractivity contribution is -0.137. The third-order valence-electron chi connectivity index (χ3n) is 3.81. The van der Waals surface area contributed by atoms with Gasteiger partial charge in [0.15, 0.2) is 11.6 Å². The van der Waals surface area contributed by atoms with E-state index in [1.54, 1.807) is 0 Å². The van der Waals surface area contributed by atoms with E-state index in [-0.39, 0.29) is 33.6 Å². The molecule has 0 unspecified atom stereocenters. The molecule has 0 aliphatic carbocycles. The lowest BCUT2D eigenvalue weighted by atomic mass is 10.2. The number of nitrogens with two attached hydrogens (primary N) is 1. The molecule has 0 spiro atoms. The summed E-state index contributed by atoms with van der Waals surface area (Å²) in [4.78, 5) is 20.1. The second-order valence-corrected chi connectivity index (χ2v) is 6.74. The Bertz CT molecular complexity index is 1090. The summed E-state index contributed by atoms with van der Waals surface area (Å²) in [6.07, 6.45) is -3.37. The van der Waals surface area contributed by atoms with Crippen LogP contribution < -0.4 is 21.9 Å². The monoisotopic (exact) mass is 456 g/mol. The van der Waals surface area contributed by atoms with E-state index < -0.39 is 17.6 Å². The Morgan fingerprint density at radius 2 is 1.77 bits per heavy atom. The summed E-state index contributed by atoms with van der Waals surface area (Å²) >= 11 is 11.8. The molecule has 1 amide bonds. The number of amides is 1. The zero-order valence-corrected chi connectivity index (χ0v) is 16.4. The van der Waals surface area contributed by atoms with E-state index in [1.807, 2.05) is 0 Å². The van der Waals surface area contributed by atoms with Crippen LogP contribution in [0.2, 0.25) is 10.0 Å². The van der Waals surface area contributed by atoms with Gasteiger partial charge in [-0.25, -0.2) is 9.97 Å². The average molecular weight is 457 g/mol. The molecule has 1 aromatic heterocycles. The summed E-state index contributed by atoms with van der Waals surface area (Å²) in [5, 5.41) is 3.21. The molecule has 2 aromatic carbocycles. The van der Waals surface area contributed by atoms with Crippen molar-refractivity contribution in [2.45, 2.75) is 6.18 Å². The predicted molar refractivity (Wildman–Crippen MR) is 109 cm³/mol. The van der Waals surface area contributed by atoms with Crippen LogP contribution in [0.25, 0.3) is 0 Å². The number of hydrogen-bond acceptors (Lipinski definition) is 6. The quantitative estimate of drug-likeness (QED) is 0.407. The zero-order valence-electron chi connectivity index (χ0n) is 14.9. The van der Waals surface area contributed by atoms with Crippen molar-refractivity contribution >= 4 is 52.1 Å². The number of benzene rings is 2. The predicted octanol–water partition coefficient (Wildman–Crippen LogP) is 4.88. The van der Waals surface area contributed by atoms with Gasteiger partial charge in [-0.3, -0.25) is 15.6 Å². The summed E-state index contributed by atoms with van der Waals surface area (Å²) in [5.41, 5.74) is 10.3. The summed E-state index contributed by atoms with van der Waals surface area (Å²) in [7, 11) is 0. The molecule has 12 heteroatoms. The highest BCUT2D eigenvalue weighted by atomic mass is 35.5. The van der Waals surface area contributed by atoms with Crippen LogP contribution in [0.15, 0.2) is 48.8 Å². The molecule has 0 bridgehead atoms. The normalized spacial score (nSPS) is 11.1. The van der Waals surface area contributed by atoms with Crippen LogP contribution >= 0.6 is 23.2 Å². The number of hydrogen-bond donors (Lipinski definition) is 4. The second-order valence-electron chi connectivity index (χ2n) is 5.89. The van der Waals surface area contributed by atoms with Gasteiger partial charge in [0.1, 0.15) is 12.0 Å². The molecule has 0 fully saturated rings. The molecule has 0 atom stereocenters. The number of alkyl halides is 3. The zero-order chi connectivity index (χ0) is 21.9. The van der Waals surface area contributed by atoms with Crippen molar-refractivity contribution in [2.24, 2.45) is 0 Å². The van der Waals surface area contributed by atoms with Crippen molar-refractivity contribution in [1.29, 1.82) is 0 Å². The highest BCUT2D eigenvalue weighted by Gasteiger charge is 2.30.